The smallest absolute Gasteiger partial charge is 0.322 e. The molecule has 152 valence electrons. The second-order valence-corrected chi connectivity index (χ2v) is 9.31. The van der Waals surface area contributed by atoms with E-state index in [-0.39, 0.29) is 12.1 Å². The molecule has 6 rings (SSSR count). The maximum Gasteiger partial charge on any atom is 0.322 e. The minimum Gasteiger partial charge on any atom is -0.489 e. The van der Waals surface area contributed by atoms with Crippen molar-refractivity contribution in [1.82, 2.24) is 4.90 Å². The van der Waals surface area contributed by atoms with E-state index in [1.54, 1.807) is 0 Å². The van der Waals surface area contributed by atoms with Crippen LogP contribution in [0.2, 0.25) is 0 Å². The second-order valence-electron chi connectivity index (χ2n) is 9.31. The molecule has 3 heterocycles. The first-order valence-electron chi connectivity index (χ1n) is 11.2. The highest BCUT2D eigenvalue weighted by Crippen LogP contribution is 2.47. The van der Waals surface area contributed by atoms with Crippen molar-refractivity contribution < 1.29 is 14.3 Å². The molecule has 5 heteroatoms. The van der Waals surface area contributed by atoms with E-state index in [2.05, 4.69) is 10.2 Å². The molecular formula is C23H32N2O3. The Balaban J connectivity index is 1.25. The highest BCUT2D eigenvalue weighted by Gasteiger charge is 2.44. The minimum absolute atomic E-state index is 0.0446. The number of nitrogens with zero attached hydrogens (tertiary/aromatic N) is 1. The van der Waals surface area contributed by atoms with Crippen molar-refractivity contribution in [3.63, 3.8) is 0 Å². The predicted molar refractivity (Wildman–Crippen MR) is 109 cm³/mol. The van der Waals surface area contributed by atoms with Crippen molar-refractivity contribution in [2.45, 2.75) is 63.5 Å². The summed E-state index contributed by atoms with van der Waals surface area (Å²) in [6, 6.07) is 8.25. The van der Waals surface area contributed by atoms with Gasteiger partial charge in [-0.05, 0) is 81.3 Å². The van der Waals surface area contributed by atoms with Crippen LogP contribution in [0.1, 0.15) is 51.4 Å². The van der Waals surface area contributed by atoms with Crippen LogP contribution in [-0.4, -0.2) is 42.8 Å². The fourth-order valence-corrected chi connectivity index (χ4v) is 6.04. The van der Waals surface area contributed by atoms with Crippen LogP contribution in [0.25, 0.3) is 0 Å². The van der Waals surface area contributed by atoms with E-state index in [0.29, 0.717) is 18.6 Å². The molecule has 1 aromatic carbocycles. The summed E-state index contributed by atoms with van der Waals surface area (Å²) in [7, 11) is 0. The highest BCUT2D eigenvalue weighted by atomic mass is 16.5. The number of carbonyl (C=O) groups excluding carboxylic acids is 1. The fourth-order valence-electron chi connectivity index (χ4n) is 6.04. The Morgan fingerprint density at radius 2 is 1.86 bits per heavy atom. The number of para-hydroxylation sites is 2. The number of nitrogens with one attached hydrogen (secondary N) is 1. The number of hydrogen-bond donors (Lipinski definition) is 1. The topological polar surface area (TPSA) is 50.8 Å². The third kappa shape index (κ3) is 3.86. The monoisotopic (exact) mass is 384 g/mol. The molecule has 0 spiro atoms. The molecule has 0 aromatic heterocycles. The summed E-state index contributed by atoms with van der Waals surface area (Å²) in [4.78, 5) is 15.3. The third-order valence-electron chi connectivity index (χ3n) is 7.19. The molecule has 3 unspecified atom stereocenters. The van der Waals surface area contributed by atoms with Crippen LogP contribution in [0.5, 0.6) is 5.75 Å². The molecule has 5 nitrogen and oxygen atoms in total. The molecule has 3 saturated heterocycles. The van der Waals surface area contributed by atoms with E-state index in [1.165, 1.54) is 38.5 Å². The van der Waals surface area contributed by atoms with Crippen LogP contribution in [0.15, 0.2) is 24.3 Å². The summed E-state index contributed by atoms with van der Waals surface area (Å²) in [6.45, 7) is 2.29. The first-order chi connectivity index (χ1) is 13.7. The molecule has 5 aliphatic rings. The summed E-state index contributed by atoms with van der Waals surface area (Å²) in [6.07, 6.45) is 9.96. The Morgan fingerprint density at radius 3 is 2.64 bits per heavy atom. The number of anilines is 1. The highest BCUT2D eigenvalue weighted by molar-refractivity contribution is 5.91. The summed E-state index contributed by atoms with van der Waals surface area (Å²) < 4.78 is 11.8. The fraction of sp³-hybridized carbons (Fsp3) is 0.696. The number of rotatable bonds is 4. The number of fused-ring (bicyclic) bond motifs is 1. The van der Waals surface area contributed by atoms with Crippen LogP contribution < -0.4 is 10.1 Å². The van der Waals surface area contributed by atoms with Crippen molar-refractivity contribution in [1.29, 1.82) is 0 Å². The zero-order chi connectivity index (χ0) is 18.9. The lowest BCUT2D eigenvalue weighted by Crippen LogP contribution is -2.44. The standard InChI is InChI=1S/C23H32N2O3/c26-23(25-14-18-10-16-9-17(11-18)13-19(25)12-16)24-21-6-1-2-7-22(21)28-15-20-5-3-4-8-27-20/h1-2,6-7,16-20H,3-5,8-15H2,(H,24,26). The van der Waals surface area contributed by atoms with E-state index in [4.69, 9.17) is 9.47 Å². The van der Waals surface area contributed by atoms with E-state index in [9.17, 15) is 4.79 Å². The summed E-state index contributed by atoms with van der Waals surface area (Å²) >= 11 is 0. The lowest BCUT2D eigenvalue weighted by atomic mass is 9.68. The lowest BCUT2D eigenvalue weighted by molar-refractivity contribution is -0.0109. The predicted octanol–water partition coefficient (Wildman–Crippen LogP) is 4.68. The Labute approximate surface area is 167 Å². The molecule has 28 heavy (non-hydrogen) atoms. The lowest BCUT2D eigenvalue weighted by Gasteiger charge is -2.38. The van der Waals surface area contributed by atoms with Crippen molar-refractivity contribution >= 4 is 11.7 Å². The second kappa shape index (κ2) is 7.94. The molecular weight excluding hydrogens is 352 g/mol. The van der Waals surface area contributed by atoms with E-state index >= 15 is 0 Å². The van der Waals surface area contributed by atoms with Crippen LogP contribution in [-0.2, 0) is 4.74 Å². The maximum absolute atomic E-state index is 13.2. The van der Waals surface area contributed by atoms with Crippen molar-refractivity contribution in [2.24, 2.45) is 17.8 Å². The molecule has 3 atom stereocenters. The Bertz CT molecular complexity index is 689. The molecule has 2 saturated carbocycles. The molecule has 1 N–H and O–H groups in total. The maximum atomic E-state index is 13.2. The number of amides is 2. The van der Waals surface area contributed by atoms with E-state index < -0.39 is 0 Å². The zero-order valence-electron chi connectivity index (χ0n) is 16.6. The molecule has 4 bridgehead atoms. The van der Waals surface area contributed by atoms with Gasteiger partial charge in [-0.15, -0.1) is 0 Å². The zero-order valence-corrected chi connectivity index (χ0v) is 16.6. The molecule has 1 aromatic rings. The van der Waals surface area contributed by atoms with Gasteiger partial charge < -0.3 is 19.7 Å². The summed E-state index contributed by atoms with van der Waals surface area (Å²) in [5.74, 6) is 3.11. The van der Waals surface area contributed by atoms with Gasteiger partial charge in [-0.1, -0.05) is 12.1 Å². The molecule has 2 aliphatic carbocycles. The van der Waals surface area contributed by atoms with Gasteiger partial charge >= 0.3 is 6.03 Å². The SMILES string of the molecule is O=C(Nc1ccccc1OCC1CCCCO1)N1CC2CC3CC(C2)CC1C3. The van der Waals surface area contributed by atoms with Gasteiger partial charge in [-0.2, -0.15) is 0 Å². The van der Waals surface area contributed by atoms with Crippen LogP contribution in [0.3, 0.4) is 0 Å². The average molecular weight is 385 g/mol. The quantitative estimate of drug-likeness (QED) is 0.820. The van der Waals surface area contributed by atoms with Crippen molar-refractivity contribution in [3.8, 4) is 5.75 Å². The van der Waals surface area contributed by atoms with Gasteiger partial charge in [0.25, 0.3) is 0 Å². The van der Waals surface area contributed by atoms with E-state index in [1.807, 2.05) is 24.3 Å². The number of urea groups is 1. The normalized spacial score (nSPS) is 34.1. The van der Waals surface area contributed by atoms with Gasteiger partial charge in [0.1, 0.15) is 12.4 Å². The first-order valence-corrected chi connectivity index (χ1v) is 11.2. The van der Waals surface area contributed by atoms with Crippen LogP contribution >= 0.6 is 0 Å². The molecule has 3 aliphatic heterocycles. The molecule has 2 amide bonds. The Hall–Kier alpha value is -1.75. The van der Waals surface area contributed by atoms with E-state index in [0.717, 1.165) is 49.3 Å². The van der Waals surface area contributed by atoms with Gasteiger partial charge in [-0.25, -0.2) is 4.79 Å². The number of ether oxygens (including phenoxy) is 2. The number of carbonyl (C=O) groups is 1. The van der Waals surface area contributed by atoms with Crippen LogP contribution in [0.4, 0.5) is 10.5 Å². The van der Waals surface area contributed by atoms with Gasteiger partial charge in [0.2, 0.25) is 0 Å². The Kier molecular flexibility index (Phi) is 5.19. The average Bonchev–Trinajstić information content (AvgIpc) is 2.91. The van der Waals surface area contributed by atoms with Gasteiger partial charge in [-0.3, -0.25) is 0 Å². The third-order valence-corrected chi connectivity index (χ3v) is 7.19. The van der Waals surface area contributed by atoms with Gasteiger partial charge in [0.15, 0.2) is 0 Å². The van der Waals surface area contributed by atoms with Crippen LogP contribution in [0, 0.1) is 17.8 Å². The number of hydrogen-bond acceptors (Lipinski definition) is 3. The minimum atomic E-state index is 0.0446. The first kappa shape index (κ1) is 18.3. The largest absolute Gasteiger partial charge is 0.489 e. The van der Waals surface area contributed by atoms with Crippen molar-refractivity contribution in [3.05, 3.63) is 24.3 Å². The number of benzene rings is 1. The summed E-state index contributed by atoms with van der Waals surface area (Å²) in [5, 5.41) is 3.16. The van der Waals surface area contributed by atoms with Gasteiger partial charge in [0, 0.05) is 19.2 Å². The Morgan fingerprint density at radius 1 is 1.07 bits per heavy atom. The van der Waals surface area contributed by atoms with Crippen molar-refractivity contribution in [2.75, 3.05) is 25.1 Å². The summed E-state index contributed by atoms with van der Waals surface area (Å²) in [5.41, 5.74) is 0.771. The molecule has 0 radical (unpaired) electrons. The van der Waals surface area contributed by atoms with Gasteiger partial charge in [0.05, 0.1) is 11.8 Å². The molecule has 5 fully saturated rings.